The zero-order valence-corrected chi connectivity index (χ0v) is 16.9. The van der Waals surface area contributed by atoms with E-state index in [1.54, 1.807) is 43.5 Å². The van der Waals surface area contributed by atoms with Gasteiger partial charge in [0.05, 0.1) is 33.1 Å². The lowest BCUT2D eigenvalue weighted by molar-refractivity contribution is 0.0953. The van der Waals surface area contributed by atoms with E-state index < -0.39 is 5.91 Å². The van der Waals surface area contributed by atoms with Crippen LogP contribution in [0.5, 0.6) is 28.7 Å². The van der Waals surface area contributed by atoms with Gasteiger partial charge in [0.25, 0.3) is 5.91 Å². The molecule has 0 heterocycles. The lowest BCUT2D eigenvalue weighted by atomic mass is 10.2. The molecule has 0 bridgehead atoms. The third-order valence-corrected chi connectivity index (χ3v) is 4.21. The summed E-state index contributed by atoms with van der Waals surface area (Å²) in [5.74, 6) is 2.24. The third kappa shape index (κ3) is 4.88. The maximum atomic E-state index is 12.6. The molecule has 0 saturated heterocycles. The quantitative estimate of drug-likeness (QED) is 0.447. The number of hydrogen-bond donors (Lipinski definition) is 1. The molecule has 0 saturated carbocycles. The fourth-order valence-corrected chi connectivity index (χ4v) is 2.73. The van der Waals surface area contributed by atoms with E-state index in [0.717, 1.165) is 0 Å². The van der Waals surface area contributed by atoms with Gasteiger partial charge in [0.1, 0.15) is 17.2 Å². The first-order valence-electron chi connectivity index (χ1n) is 9.11. The molecule has 1 N–H and O–H groups in total. The van der Waals surface area contributed by atoms with Crippen LogP contribution >= 0.6 is 0 Å². The van der Waals surface area contributed by atoms with Gasteiger partial charge in [0.15, 0.2) is 11.5 Å². The smallest absolute Gasteiger partial charge is 0.275 e. The van der Waals surface area contributed by atoms with Crippen LogP contribution in [0.25, 0.3) is 0 Å². The number of hydrazone groups is 1. The average molecular weight is 406 g/mol. The van der Waals surface area contributed by atoms with Crippen LogP contribution < -0.4 is 24.4 Å². The number of hydrogen-bond acceptors (Lipinski definition) is 6. The number of carbonyl (C=O) groups is 1. The minimum atomic E-state index is -0.405. The average Bonchev–Trinajstić information content (AvgIpc) is 2.79. The van der Waals surface area contributed by atoms with Crippen LogP contribution in [0.15, 0.2) is 71.8 Å². The van der Waals surface area contributed by atoms with Crippen LogP contribution in [0.1, 0.15) is 15.9 Å². The van der Waals surface area contributed by atoms with Crippen molar-refractivity contribution in [2.24, 2.45) is 5.10 Å². The maximum Gasteiger partial charge on any atom is 0.275 e. The van der Waals surface area contributed by atoms with E-state index in [0.29, 0.717) is 39.9 Å². The molecular formula is C23H22N2O5. The van der Waals surface area contributed by atoms with E-state index in [9.17, 15) is 4.79 Å². The molecule has 154 valence electrons. The van der Waals surface area contributed by atoms with Crippen molar-refractivity contribution in [3.05, 3.63) is 77.9 Å². The summed E-state index contributed by atoms with van der Waals surface area (Å²) in [6.07, 6.45) is 1.47. The van der Waals surface area contributed by atoms with Crippen molar-refractivity contribution in [1.82, 2.24) is 5.43 Å². The Kier molecular flexibility index (Phi) is 6.89. The van der Waals surface area contributed by atoms with Crippen molar-refractivity contribution in [2.45, 2.75) is 0 Å². The summed E-state index contributed by atoms with van der Waals surface area (Å²) < 4.78 is 21.7. The van der Waals surface area contributed by atoms with Crippen molar-refractivity contribution >= 4 is 12.1 Å². The fourth-order valence-electron chi connectivity index (χ4n) is 2.73. The molecule has 0 aromatic heterocycles. The van der Waals surface area contributed by atoms with Gasteiger partial charge < -0.3 is 18.9 Å². The molecule has 30 heavy (non-hydrogen) atoms. The summed E-state index contributed by atoms with van der Waals surface area (Å²) >= 11 is 0. The number of para-hydroxylation sites is 2. The minimum absolute atomic E-state index is 0.359. The molecule has 0 aliphatic rings. The highest BCUT2D eigenvalue weighted by Gasteiger charge is 2.13. The molecule has 0 unspecified atom stereocenters. The monoisotopic (exact) mass is 406 g/mol. The summed E-state index contributed by atoms with van der Waals surface area (Å²) in [6.45, 7) is 0. The topological polar surface area (TPSA) is 78.4 Å². The number of ether oxygens (including phenoxy) is 4. The molecule has 3 rings (SSSR count). The highest BCUT2D eigenvalue weighted by Crippen LogP contribution is 2.33. The summed E-state index contributed by atoms with van der Waals surface area (Å²) in [5, 5.41) is 4.05. The molecule has 3 aromatic rings. The van der Waals surface area contributed by atoms with Crippen LogP contribution in [0.3, 0.4) is 0 Å². The molecule has 3 aromatic carbocycles. The number of nitrogens with zero attached hydrogens (tertiary/aromatic N) is 1. The Morgan fingerprint density at radius 3 is 2.13 bits per heavy atom. The van der Waals surface area contributed by atoms with Crippen LogP contribution in [0.4, 0.5) is 0 Å². The summed E-state index contributed by atoms with van der Waals surface area (Å²) in [5.41, 5.74) is 3.49. The van der Waals surface area contributed by atoms with Gasteiger partial charge in [-0.1, -0.05) is 30.3 Å². The molecule has 0 fully saturated rings. The van der Waals surface area contributed by atoms with E-state index in [-0.39, 0.29) is 0 Å². The number of amides is 1. The fraction of sp³-hybridized carbons (Fsp3) is 0.130. The zero-order chi connectivity index (χ0) is 21.3. The van der Waals surface area contributed by atoms with Crippen molar-refractivity contribution in [3.63, 3.8) is 0 Å². The normalized spacial score (nSPS) is 10.5. The van der Waals surface area contributed by atoms with Crippen molar-refractivity contribution in [2.75, 3.05) is 21.3 Å². The SMILES string of the molecule is COc1cc(OC)c(OC)cc1/C=N/NC(=O)c1ccccc1Oc1ccccc1. The number of benzene rings is 3. The van der Waals surface area contributed by atoms with Crippen molar-refractivity contribution in [1.29, 1.82) is 0 Å². The number of carbonyl (C=O) groups excluding carboxylic acids is 1. The second-order valence-electron chi connectivity index (χ2n) is 6.06. The summed E-state index contributed by atoms with van der Waals surface area (Å²) in [6, 6.07) is 19.6. The molecule has 7 heteroatoms. The van der Waals surface area contributed by atoms with E-state index in [4.69, 9.17) is 18.9 Å². The Bertz CT molecular complexity index is 1040. The maximum absolute atomic E-state index is 12.6. The Labute approximate surface area is 174 Å². The highest BCUT2D eigenvalue weighted by atomic mass is 16.5. The molecule has 0 spiro atoms. The Balaban J connectivity index is 1.77. The molecule has 0 aliphatic heterocycles. The predicted molar refractivity (Wildman–Crippen MR) is 114 cm³/mol. The largest absolute Gasteiger partial charge is 0.496 e. The number of rotatable bonds is 8. The Hall–Kier alpha value is -4.00. The van der Waals surface area contributed by atoms with Gasteiger partial charge in [-0.05, 0) is 30.3 Å². The van der Waals surface area contributed by atoms with Gasteiger partial charge in [0.2, 0.25) is 0 Å². The molecule has 7 nitrogen and oxygen atoms in total. The van der Waals surface area contributed by atoms with E-state index >= 15 is 0 Å². The number of methoxy groups -OCH3 is 3. The van der Waals surface area contributed by atoms with E-state index in [2.05, 4.69) is 10.5 Å². The minimum Gasteiger partial charge on any atom is -0.496 e. The van der Waals surface area contributed by atoms with E-state index in [1.807, 2.05) is 30.3 Å². The summed E-state index contributed by atoms with van der Waals surface area (Å²) in [4.78, 5) is 12.6. The van der Waals surface area contributed by atoms with Crippen molar-refractivity contribution < 1.29 is 23.7 Å². The molecule has 0 atom stereocenters. The first-order chi connectivity index (χ1) is 14.7. The van der Waals surface area contributed by atoms with Crippen LogP contribution in [-0.2, 0) is 0 Å². The van der Waals surface area contributed by atoms with Crippen molar-refractivity contribution in [3.8, 4) is 28.7 Å². The zero-order valence-electron chi connectivity index (χ0n) is 16.9. The third-order valence-electron chi connectivity index (χ3n) is 4.21. The van der Waals surface area contributed by atoms with Gasteiger partial charge in [-0.2, -0.15) is 5.10 Å². The highest BCUT2D eigenvalue weighted by molar-refractivity contribution is 5.97. The van der Waals surface area contributed by atoms with E-state index in [1.165, 1.54) is 20.4 Å². The second kappa shape index (κ2) is 9.97. The molecular weight excluding hydrogens is 384 g/mol. The number of nitrogens with one attached hydrogen (secondary N) is 1. The van der Waals surface area contributed by atoms with Gasteiger partial charge >= 0.3 is 0 Å². The molecule has 0 aliphatic carbocycles. The first-order valence-corrected chi connectivity index (χ1v) is 9.11. The van der Waals surface area contributed by atoms with Gasteiger partial charge in [-0.15, -0.1) is 0 Å². The standard InChI is InChI=1S/C23H22N2O5/c1-27-20-14-22(29-3)21(28-2)13-16(20)15-24-25-23(26)18-11-7-8-12-19(18)30-17-9-5-4-6-10-17/h4-15H,1-3H3,(H,25,26)/b24-15+. The lowest BCUT2D eigenvalue weighted by Crippen LogP contribution is -2.18. The van der Waals surface area contributed by atoms with Gasteiger partial charge in [-0.3, -0.25) is 4.79 Å². The van der Waals surface area contributed by atoms with Crippen LogP contribution in [0, 0.1) is 0 Å². The summed E-state index contributed by atoms with van der Waals surface area (Å²) in [7, 11) is 4.62. The van der Waals surface area contributed by atoms with Gasteiger partial charge in [-0.25, -0.2) is 5.43 Å². The van der Waals surface area contributed by atoms with Crippen LogP contribution in [-0.4, -0.2) is 33.5 Å². The van der Waals surface area contributed by atoms with Gasteiger partial charge in [0, 0.05) is 11.6 Å². The Morgan fingerprint density at radius 1 is 0.800 bits per heavy atom. The first kappa shape index (κ1) is 20.7. The second-order valence-corrected chi connectivity index (χ2v) is 6.06. The Morgan fingerprint density at radius 2 is 1.43 bits per heavy atom. The molecule has 0 radical (unpaired) electrons. The lowest BCUT2D eigenvalue weighted by Gasteiger charge is -2.12. The predicted octanol–water partition coefficient (Wildman–Crippen LogP) is 4.27. The van der Waals surface area contributed by atoms with Crippen LogP contribution in [0.2, 0.25) is 0 Å². The molecule has 1 amide bonds.